The molecule has 0 aliphatic carbocycles. The fourth-order valence-electron chi connectivity index (χ4n) is 2.01. The highest BCUT2D eigenvalue weighted by molar-refractivity contribution is 5.97. The van der Waals surface area contributed by atoms with Gasteiger partial charge in [-0.15, -0.1) is 0 Å². The molecule has 106 valence electrons. The molecule has 0 radical (unpaired) electrons. The van der Waals surface area contributed by atoms with E-state index in [2.05, 4.69) is 5.10 Å². The lowest BCUT2D eigenvalue weighted by Gasteiger charge is -2.05. The third kappa shape index (κ3) is 2.87. The summed E-state index contributed by atoms with van der Waals surface area (Å²) in [6.45, 7) is 2.01. The molecule has 0 spiro atoms. The smallest absolute Gasteiger partial charge is 0.168 e. The minimum absolute atomic E-state index is 0.0788. The van der Waals surface area contributed by atoms with Crippen LogP contribution in [-0.4, -0.2) is 22.7 Å². The molecule has 0 bridgehead atoms. The Kier molecular flexibility index (Phi) is 4.17. The van der Waals surface area contributed by atoms with Gasteiger partial charge < -0.3 is 4.74 Å². The van der Waals surface area contributed by atoms with Gasteiger partial charge in [0.05, 0.1) is 19.2 Å². The van der Waals surface area contributed by atoms with Crippen LogP contribution in [0, 0.1) is 5.82 Å². The van der Waals surface area contributed by atoms with Gasteiger partial charge in [-0.25, -0.2) is 4.39 Å². The molecule has 0 amide bonds. The molecule has 5 heteroatoms. The summed E-state index contributed by atoms with van der Waals surface area (Å²) >= 11 is 0. The number of hydrogen-bond donors (Lipinski definition) is 0. The van der Waals surface area contributed by atoms with Gasteiger partial charge in [0.15, 0.2) is 17.3 Å². The minimum atomic E-state index is -0.474. The van der Waals surface area contributed by atoms with E-state index in [1.54, 1.807) is 4.68 Å². The van der Waals surface area contributed by atoms with Gasteiger partial charge in [0.1, 0.15) is 0 Å². The zero-order valence-corrected chi connectivity index (χ0v) is 11.8. The largest absolute Gasteiger partial charge is 0.494 e. The fourth-order valence-corrected chi connectivity index (χ4v) is 2.01. The number of aryl methyl sites for hydroxylation is 2. The van der Waals surface area contributed by atoms with Crippen molar-refractivity contribution in [3.63, 3.8) is 0 Å². The number of Topliss-reactive ketones (excluding diaryl/α,β-unsaturated/α-hetero) is 1. The van der Waals surface area contributed by atoms with Crippen molar-refractivity contribution in [1.29, 1.82) is 0 Å². The monoisotopic (exact) mass is 276 g/mol. The zero-order valence-electron chi connectivity index (χ0n) is 11.8. The van der Waals surface area contributed by atoms with Crippen molar-refractivity contribution in [2.75, 3.05) is 7.11 Å². The summed E-state index contributed by atoms with van der Waals surface area (Å²) in [5, 5.41) is 4.30. The van der Waals surface area contributed by atoms with Crippen LogP contribution in [0.1, 0.15) is 28.7 Å². The van der Waals surface area contributed by atoms with Crippen LogP contribution < -0.4 is 4.74 Å². The first-order valence-corrected chi connectivity index (χ1v) is 6.43. The van der Waals surface area contributed by atoms with E-state index >= 15 is 0 Å². The van der Waals surface area contributed by atoms with Crippen LogP contribution in [0.5, 0.6) is 5.75 Å². The Balaban J connectivity index is 2.21. The van der Waals surface area contributed by atoms with Crippen LogP contribution in [-0.2, 0) is 19.9 Å². The first-order chi connectivity index (χ1) is 9.55. The van der Waals surface area contributed by atoms with Crippen LogP contribution in [0.4, 0.5) is 4.39 Å². The van der Waals surface area contributed by atoms with Crippen molar-refractivity contribution < 1.29 is 13.9 Å². The van der Waals surface area contributed by atoms with Gasteiger partial charge in [-0.3, -0.25) is 9.48 Å². The maximum absolute atomic E-state index is 13.3. The number of benzene rings is 1. The first-order valence-electron chi connectivity index (χ1n) is 6.43. The highest BCUT2D eigenvalue weighted by Crippen LogP contribution is 2.19. The number of methoxy groups -OCH3 is 1. The molecule has 0 aliphatic rings. The average Bonchev–Trinajstić information content (AvgIpc) is 2.79. The molecule has 4 nitrogen and oxygen atoms in total. The number of ketones is 1. The van der Waals surface area contributed by atoms with Crippen molar-refractivity contribution in [1.82, 2.24) is 9.78 Å². The Morgan fingerprint density at radius 2 is 2.15 bits per heavy atom. The summed E-state index contributed by atoms with van der Waals surface area (Å²) in [7, 11) is 3.19. The average molecular weight is 276 g/mol. The summed E-state index contributed by atoms with van der Waals surface area (Å²) in [5.41, 5.74) is 2.23. The van der Waals surface area contributed by atoms with Crippen molar-refractivity contribution in [2.24, 2.45) is 7.05 Å². The van der Waals surface area contributed by atoms with Gasteiger partial charge in [-0.2, -0.15) is 5.10 Å². The quantitative estimate of drug-likeness (QED) is 0.788. The van der Waals surface area contributed by atoms with Crippen molar-refractivity contribution in [3.8, 4) is 5.75 Å². The summed E-state index contributed by atoms with van der Waals surface area (Å²) < 4.78 is 19.9. The molecule has 1 aromatic carbocycles. The lowest BCUT2D eigenvalue weighted by Crippen LogP contribution is -2.08. The van der Waals surface area contributed by atoms with Gasteiger partial charge in [0.25, 0.3) is 0 Å². The van der Waals surface area contributed by atoms with Crippen molar-refractivity contribution in [2.45, 2.75) is 19.8 Å². The number of nitrogens with zero attached hydrogens (tertiary/aromatic N) is 2. The van der Waals surface area contributed by atoms with E-state index < -0.39 is 5.82 Å². The SMILES string of the molecule is CCc1cc(CC(=O)c2ccc(F)c(OC)c2)n(C)n1. The minimum Gasteiger partial charge on any atom is -0.494 e. The zero-order chi connectivity index (χ0) is 14.7. The Labute approximate surface area is 117 Å². The maximum Gasteiger partial charge on any atom is 0.168 e. The van der Waals surface area contributed by atoms with Gasteiger partial charge in [-0.1, -0.05) is 6.92 Å². The van der Waals surface area contributed by atoms with Crippen LogP contribution in [0.15, 0.2) is 24.3 Å². The van der Waals surface area contributed by atoms with Crippen LogP contribution >= 0.6 is 0 Å². The molecular formula is C15H17FN2O2. The number of ether oxygens (including phenoxy) is 1. The van der Waals surface area contributed by atoms with Crippen molar-refractivity contribution in [3.05, 3.63) is 47.0 Å². The molecule has 0 N–H and O–H groups in total. The number of halogens is 1. The fraction of sp³-hybridized carbons (Fsp3) is 0.333. The molecule has 1 heterocycles. The van der Waals surface area contributed by atoms with Crippen LogP contribution in [0.3, 0.4) is 0 Å². The molecule has 2 aromatic rings. The number of carbonyl (C=O) groups excluding carboxylic acids is 1. The van der Waals surface area contributed by atoms with Gasteiger partial charge in [0, 0.05) is 18.3 Å². The highest BCUT2D eigenvalue weighted by atomic mass is 19.1. The molecule has 0 fully saturated rings. The maximum atomic E-state index is 13.3. The predicted octanol–water partition coefficient (Wildman–Crippen LogP) is 2.56. The molecule has 0 atom stereocenters. The van der Waals surface area contributed by atoms with Gasteiger partial charge in [-0.05, 0) is 30.7 Å². The molecule has 0 saturated carbocycles. The number of rotatable bonds is 5. The van der Waals surface area contributed by atoms with E-state index in [0.29, 0.717) is 5.56 Å². The second kappa shape index (κ2) is 5.86. The first kappa shape index (κ1) is 14.2. The summed E-state index contributed by atoms with van der Waals surface area (Å²) in [6.07, 6.45) is 1.06. The Hall–Kier alpha value is -2.17. The van der Waals surface area contributed by atoms with E-state index in [4.69, 9.17) is 4.74 Å². The Morgan fingerprint density at radius 3 is 2.75 bits per heavy atom. The molecule has 0 unspecified atom stereocenters. The van der Waals surface area contributed by atoms with E-state index in [1.807, 2.05) is 20.0 Å². The van der Waals surface area contributed by atoms with Crippen LogP contribution in [0.2, 0.25) is 0 Å². The Morgan fingerprint density at radius 1 is 1.40 bits per heavy atom. The summed E-state index contributed by atoms with van der Waals surface area (Å²) in [5.74, 6) is -0.484. The van der Waals surface area contributed by atoms with E-state index in [1.165, 1.54) is 25.3 Å². The van der Waals surface area contributed by atoms with E-state index in [0.717, 1.165) is 17.8 Å². The standard InChI is InChI=1S/C15H17FN2O2/c1-4-11-8-12(18(2)17-11)9-14(19)10-5-6-13(16)15(7-10)20-3/h5-8H,4,9H2,1-3H3. The number of hydrogen-bond acceptors (Lipinski definition) is 3. The lowest BCUT2D eigenvalue weighted by molar-refractivity contribution is 0.0990. The predicted molar refractivity (Wildman–Crippen MR) is 73.6 cm³/mol. The third-order valence-electron chi connectivity index (χ3n) is 3.20. The molecule has 0 saturated heterocycles. The Bertz CT molecular complexity index is 635. The molecule has 0 aliphatic heterocycles. The van der Waals surface area contributed by atoms with Gasteiger partial charge >= 0.3 is 0 Å². The van der Waals surface area contributed by atoms with Crippen molar-refractivity contribution >= 4 is 5.78 Å². The normalized spacial score (nSPS) is 10.6. The second-order valence-corrected chi connectivity index (χ2v) is 4.55. The molecule has 1 aromatic heterocycles. The van der Waals surface area contributed by atoms with E-state index in [-0.39, 0.29) is 18.0 Å². The summed E-state index contributed by atoms with van der Waals surface area (Å²) in [6, 6.07) is 6.05. The molecule has 20 heavy (non-hydrogen) atoms. The summed E-state index contributed by atoms with van der Waals surface area (Å²) in [4.78, 5) is 12.2. The highest BCUT2D eigenvalue weighted by Gasteiger charge is 2.13. The molecular weight excluding hydrogens is 259 g/mol. The lowest BCUT2D eigenvalue weighted by atomic mass is 10.1. The third-order valence-corrected chi connectivity index (χ3v) is 3.20. The second-order valence-electron chi connectivity index (χ2n) is 4.55. The van der Waals surface area contributed by atoms with E-state index in [9.17, 15) is 9.18 Å². The van der Waals surface area contributed by atoms with Crippen LogP contribution in [0.25, 0.3) is 0 Å². The van der Waals surface area contributed by atoms with Gasteiger partial charge in [0.2, 0.25) is 0 Å². The topological polar surface area (TPSA) is 44.1 Å². The molecule has 2 rings (SSSR count). The number of aromatic nitrogens is 2. The number of carbonyl (C=O) groups is 1.